The number of hydrogen-bond acceptors (Lipinski definition) is 3. The lowest BCUT2D eigenvalue weighted by Crippen LogP contribution is -2.57. The van der Waals surface area contributed by atoms with Crippen LogP contribution in [0, 0.1) is 5.92 Å². The van der Waals surface area contributed by atoms with E-state index in [1.165, 1.54) is 32.1 Å². The Morgan fingerprint density at radius 3 is 2.48 bits per heavy atom. The number of nitrogens with zero attached hydrogens (tertiary/aromatic N) is 2. The lowest BCUT2D eigenvalue weighted by molar-refractivity contribution is -0.0191. The van der Waals surface area contributed by atoms with Crippen LogP contribution in [-0.2, 0) is 0 Å². The zero-order valence-corrected chi connectivity index (χ0v) is 14.0. The Bertz CT molecular complexity index is 507. The summed E-state index contributed by atoms with van der Waals surface area (Å²) in [5.74, 6) is 0.696. The summed E-state index contributed by atoms with van der Waals surface area (Å²) < 4.78 is 0. The highest BCUT2D eigenvalue weighted by Crippen LogP contribution is 2.30. The van der Waals surface area contributed by atoms with Crippen molar-refractivity contribution in [1.82, 2.24) is 9.80 Å². The minimum absolute atomic E-state index is 0.113. The van der Waals surface area contributed by atoms with Crippen LogP contribution in [-0.4, -0.2) is 59.6 Å². The third kappa shape index (κ3) is 3.93. The molecule has 1 atom stereocenters. The first-order chi connectivity index (χ1) is 11.1. The predicted molar refractivity (Wildman–Crippen MR) is 91.3 cm³/mol. The number of carbonyl (C=O) groups is 1. The van der Waals surface area contributed by atoms with Gasteiger partial charge in [0.25, 0.3) is 5.91 Å². The first-order valence-corrected chi connectivity index (χ1v) is 8.88. The van der Waals surface area contributed by atoms with Crippen molar-refractivity contribution < 1.29 is 9.90 Å². The van der Waals surface area contributed by atoms with Gasteiger partial charge in [-0.05, 0) is 30.9 Å². The van der Waals surface area contributed by atoms with Crippen molar-refractivity contribution in [3.8, 4) is 0 Å². The van der Waals surface area contributed by atoms with Crippen molar-refractivity contribution in [3.05, 3.63) is 35.9 Å². The third-order valence-electron chi connectivity index (χ3n) is 5.42. The van der Waals surface area contributed by atoms with Crippen molar-refractivity contribution in [2.45, 2.75) is 44.2 Å². The fourth-order valence-corrected chi connectivity index (χ4v) is 4.00. The van der Waals surface area contributed by atoms with E-state index in [1.54, 1.807) is 0 Å². The fourth-order valence-electron chi connectivity index (χ4n) is 4.00. The molecule has 0 unspecified atom stereocenters. The summed E-state index contributed by atoms with van der Waals surface area (Å²) in [5, 5.41) is 9.55. The zero-order valence-electron chi connectivity index (χ0n) is 14.0. The maximum Gasteiger partial charge on any atom is 0.253 e. The predicted octanol–water partition coefficient (Wildman–Crippen LogP) is 2.38. The molecule has 2 aliphatic rings. The average Bonchev–Trinajstić information content (AvgIpc) is 2.58. The molecular weight excluding hydrogens is 288 g/mol. The number of rotatable bonds is 5. The number of carbonyl (C=O) groups excluding carboxylic acids is 1. The van der Waals surface area contributed by atoms with Gasteiger partial charge in [0.1, 0.15) is 0 Å². The van der Waals surface area contributed by atoms with Gasteiger partial charge in [-0.3, -0.25) is 9.69 Å². The number of aliphatic hydroxyl groups is 1. The van der Waals surface area contributed by atoms with E-state index in [9.17, 15) is 9.90 Å². The van der Waals surface area contributed by atoms with E-state index in [0.717, 1.165) is 25.2 Å². The summed E-state index contributed by atoms with van der Waals surface area (Å²) in [7, 11) is 1.95. The Balaban J connectivity index is 1.71. The lowest BCUT2D eigenvalue weighted by atomic mass is 9.82. The molecule has 0 spiro atoms. The summed E-state index contributed by atoms with van der Waals surface area (Å²) in [4.78, 5) is 17.1. The molecule has 1 aliphatic carbocycles. The number of likely N-dealkylation sites (N-methyl/N-ethyl adjacent to an activating group) is 1. The maximum atomic E-state index is 12.8. The number of hydrogen-bond donors (Lipinski definition) is 1. The molecule has 0 radical (unpaired) electrons. The standard InChI is InChI=1S/C19H28N2O2/c1-20(19(23)16-10-6-3-7-11-16)18(14-21-12-17(22)13-21)15-8-4-2-5-9-15/h3,6-7,10-11,15,17-18,22H,2,4-5,8-9,12-14H2,1H3/t18-/m1/s1. The summed E-state index contributed by atoms with van der Waals surface area (Å²) in [6.07, 6.45) is 6.12. The first-order valence-electron chi connectivity index (χ1n) is 8.88. The normalized spacial score (nSPS) is 21.7. The van der Waals surface area contributed by atoms with Gasteiger partial charge in [0, 0.05) is 38.3 Å². The van der Waals surface area contributed by atoms with Crippen molar-refractivity contribution in [3.63, 3.8) is 0 Å². The Labute approximate surface area is 139 Å². The van der Waals surface area contributed by atoms with Gasteiger partial charge in [0.2, 0.25) is 0 Å². The summed E-state index contributed by atoms with van der Waals surface area (Å²) >= 11 is 0. The van der Waals surface area contributed by atoms with Gasteiger partial charge in [0.15, 0.2) is 0 Å². The Hall–Kier alpha value is -1.39. The fraction of sp³-hybridized carbons (Fsp3) is 0.632. The monoisotopic (exact) mass is 316 g/mol. The van der Waals surface area contributed by atoms with Gasteiger partial charge >= 0.3 is 0 Å². The molecule has 1 saturated carbocycles. The number of amides is 1. The number of benzene rings is 1. The third-order valence-corrected chi connectivity index (χ3v) is 5.42. The highest BCUT2D eigenvalue weighted by molar-refractivity contribution is 5.94. The van der Waals surface area contributed by atoms with Crippen molar-refractivity contribution in [2.24, 2.45) is 5.92 Å². The molecule has 1 aromatic rings. The van der Waals surface area contributed by atoms with Gasteiger partial charge in [-0.15, -0.1) is 0 Å². The highest BCUT2D eigenvalue weighted by atomic mass is 16.3. The SMILES string of the molecule is CN(C(=O)c1ccccc1)[C@H](CN1CC(O)C1)C1CCCCC1. The molecule has 1 amide bonds. The van der Waals surface area contributed by atoms with Gasteiger partial charge in [-0.2, -0.15) is 0 Å². The maximum absolute atomic E-state index is 12.8. The summed E-state index contributed by atoms with van der Waals surface area (Å²) in [6.45, 7) is 2.38. The van der Waals surface area contributed by atoms with E-state index in [2.05, 4.69) is 4.90 Å². The topological polar surface area (TPSA) is 43.8 Å². The van der Waals surface area contributed by atoms with Crippen LogP contribution in [0.25, 0.3) is 0 Å². The van der Waals surface area contributed by atoms with Gasteiger partial charge in [0.05, 0.1) is 6.10 Å². The number of likely N-dealkylation sites (tertiary alicyclic amines) is 1. The molecular formula is C19H28N2O2. The molecule has 23 heavy (non-hydrogen) atoms. The average molecular weight is 316 g/mol. The van der Waals surface area contributed by atoms with E-state index < -0.39 is 0 Å². The molecule has 4 heteroatoms. The van der Waals surface area contributed by atoms with E-state index in [0.29, 0.717) is 5.92 Å². The molecule has 3 rings (SSSR count). The molecule has 0 bridgehead atoms. The van der Waals surface area contributed by atoms with Crippen LogP contribution in [0.4, 0.5) is 0 Å². The van der Waals surface area contributed by atoms with Crippen LogP contribution in [0.15, 0.2) is 30.3 Å². The lowest BCUT2D eigenvalue weighted by Gasteiger charge is -2.44. The number of β-amino-alcohol motifs (C(OH)–C–C–N with tert-alkyl or cyclic N) is 1. The van der Waals surface area contributed by atoms with Crippen LogP contribution < -0.4 is 0 Å². The van der Waals surface area contributed by atoms with Crippen molar-refractivity contribution in [1.29, 1.82) is 0 Å². The van der Waals surface area contributed by atoms with E-state index in [1.807, 2.05) is 42.3 Å². The van der Waals surface area contributed by atoms with E-state index in [4.69, 9.17) is 0 Å². The Morgan fingerprint density at radius 2 is 1.87 bits per heavy atom. The second-order valence-corrected chi connectivity index (χ2v) is 7.12. The molecule has 2 fully saturated rings. The minimum atomic E-state index is -0.183. The molecule has 0 aromatic heterocycles. The van der Waals surface area contributed by atoms with Crippen LogP contribution in [0.3, 0.4) is 0 Å². The number of aliphatic hydroxyl groups excluding tert-OH is 1. The minimum Gasteiger partial charge on any atom is -0.390 e. The van der Waals surface area contributed by atoms with Crippen molar-refractivity contribution in [2.75, 3.05) is 26.7 Å². The quantitative estimate of drug-likeness (QED) is 0.907. The van der Waals surface area contributed by atoms with Crippen LogP contribution in [0.1, 0.15) is 42.5 Å². The molecule has 1 heterocycles. The van der Waals surface area contributed by atoms with Crippen LogP contribution in [0.2, 0.25) is 0 Å². The highest BCUT2D eigenvalue weighted by Gasteiger charge is 2.34. The Kier molecular flexibility index (Phi) is 5.34. The first kappa shape index (κ1) is 16.5. The van der Waals surface area contributed by atoms with E-state index >= 15 is 0 Å². The Morgan fingerprint density at radius 1 is 1.22 bits per heavy atom. The summed E-state index contributed by atoms with van der Waals surface area (Å²) in [6, 6.07) is 9.81. The van der Waals surface area contributed by atoms with Crippen LogP contribution >= 0.6 is 0 Å². The second-order valence-electron chi connectivity index (χ2n) is 7.12. The largest absolute Gasteiger partial charge is 0.390 e. The van der Waals surface area contributed by atoms with Gasteiger partial charge in [-0.25, -0.2) is 0 Å². The van der Waals surface area contributed by atoms with Crippen LogP contribution in [0.5, 0.6) is 0 Å². The molecule has 126 valence electrons. The zero-order chi connectivity index (χ0) is 16.2. The van der Waals surface area contributed by atoms with Crippen molar-refractivity contribution >= 4 is 5.91 Å². The second kappa shape index (κ2) is 7.45. The smallest absolute Gasteiger partial charge is 0.253 e. The molecule has 1 aromatic carbocycles. The molecule has 1 aliphatic heterocycles. The molecule has 4 nitrogen and oxygen atoms in total. The van der Waals surface area contributed by atoms with Gasteiger partial charge < -0.3 is 10.0 Å². The van der Waals surface area contributed by atoms with E-state index in [-0.39, 0.29) is 18.1 Å². The van der Waals surface area contributed by atoms with Gasteiger partial charge in [-0.1, -0.05) is 37.5 Å². The summed E-state index contributed by atoms with van der Waals surface area (Å²) in [5.41, 5.74) is 0.763. The molecule has 1 N–H and O–H groups in total. The molecule has 1 saturated heterocycles.